The van der Waals surface area contributed by atoms with Crippen LogP contribution in [0.2, 0.25) is 5.02 Å². The molecule has 2 aliphatic heterocycles. The minimum atomic E-state index is -0.199. The topological polar surface area (TPSA) is 61.2 Å². The Hall–Kier alpha value is -2.88. The second kappa shape index (κ2) is 10.5. The number of halogens is 1. The molecular weight excluding hydrogens is 526 g/mol. The largest absolute Gasteiger partial charge is 0.368 e. The van der Waals surface area contributed by atoms with Gasteiger partial charge in [-0.2, -0.15) is 0 Å². The van der Waals surface area contributed by atoms with Crippen molar-refractivity contribution in [1.82, 2.24) is 14.3 Å². The van der Waals surface area contributed by atoms with E-state index in [9.17, 15) is 9.59 Å². The van der Waals surface area contributed by atoms with Crippen LogP contribution in [-0.2, 0) is 4.79 Å². The van der Waals surface area contributed by atoms with Crippen LogP contribution in [0, 0.1) is 12.8 Å². The predicted molar refractivity (Wildman–Crippen MR) is 157 cm³/mol. The molecule has 0 N–H and O–H groups in total. The van der Waals surface area contributed by atoms with E-state index in [4.69, 9.17) is 28.8 Å². The molecule has 1 amide bonds. The highest BCUT2D eigenvalue weighted by Gasteiger charge is 2.33. The van der Waals surface area contributed by atoms with E-state index in [-0.39, 0.29) is 17.4 Å². The van der Waals surface area contributed by atoms with E-state index in [1.807, 2.05) is 51.1 Å². The van der Waals surface area contributed by atoms with Crippen molar-refractivity contribution in [2.45, 2.75) is 20.8 Å². The Bertz CT molecular complexity index is 1480. The molecule has 3 aromatic rings. The summed E-state index contributed by atoms with van der Waals surface area (Å²) in [4.78, 5) is 38.4. The number of anilines is 2. The molecule has 10 heteroatoms. The van der Waals surface area contributed by atoms with Gasteiger partial charge in [-0.1, -0.05) is 61.6 Å². The first-order valence-corrected chi connectivity index (χ1v) is 13.9. The van der Waals surface area contributed by atoms with Gasteiger partial charge >= 0.3 is 0 Å². The Morgan fingerprint density at radius 3 is 2.54 bits per heavy atom. The molecule has 192 valence electrons. The zero-order valence-electron chi connectivity index (χ0n) is 21.0. The van der Waals surface area contributed by atoms with Crippen LogP contribution in [0.25, 0.3) is 11.7 Å². The normalized spacial score (nSPS) is 17.6. The first-order valence-electron chi connectivity index (χ1n) is 12.3. The summed E-state index contributed by atoms with van der Waals surface area (Å²) in [5.41, 5.74) is 2.81. The summed E-state index contributed by atoms with van der Waals surface area (Å²) >= 11 is 12.9. The standard InChI is InChI=1S/C27H28ClN5O2S2/c1-17(2)16-33-26(35)22(37-27(33)36)15-21-24(29-23-18(3)6-5-9-32(23)25(21)34)31-12-10-30(11-13-31)20-8-4-7-19(28)14-20/h4-9,14-15,17H,10-13,16H2,1-3H3/b22-15-. The Kier molecular flexibility index (Phi) is 7.29. The van der Waals surface area contributed by atoms with Crippen LogP contribution in [-0.4, -0.2) is 57.2 Å². The number of aromatic nitrogens is 2. The van der Waals surface area contributed by atoms with Gasteiger partial charge in [-0.15, -0.1) is 0 Å². The highest BCUT2D eigenvalue weighted by atomic mass is 35.5. The Morgan fingerprint density at radius 1 is 1.11 bits per heavy atom. The predicted octanol–water partition coefficient (Wildman–Crippen LogP) is 4.84. The second-order valence-electron chi connectivity index (χ2n) is 9.68. The number of thiocarbonyl (C=S) groups is 1. The SMILES string of the molecule is Cc1cccn2c(=O)c(/C=C3\SC(=S)N(CC(C)C)C3=O)c(N3CCN(c4cccc(Cl)c4)CC3)nc12. The number of carbonyl (C=O) groups is 1. The maximum absolute atomic E-state index is 13.8. The molecule has 4 heterocycles. The molecule has 0 spiro atoms. The quantitative estimate of drug-likeness (QED) is 0.331. The summed E-state index contributed by atoms with van der Waals surface area (Å²) in [5, 5.41) is 0.705. The van der Waals surface area contributed by atoms with Gasteiger partial charge in [0, 0.05) is 49.6 Å². The van der Waals surface area contributed by atoms with Crippen LogP contribution >= 0.6 is 35.6 Å². The summed E-state index contributed by atoms with van der Waals surface area (Å²) in [6, 6.07) is 11.6. The van der Waals surface area contributed by atoms with Gasteiger partial charge in [0.15, 0.2) is 0 Å². The van der Waals surface area contributed by atoms with E-state index >= 15 is 0 Å². The number of rotatable bonds is 5. The van der Waals surface area contributed by atoms with E-state index < -0.39 is 0 Å². The van der Waals surface area contributed by atoms with Gasteiger partial charge < -0.3 is 9.80 Å². The molecule has 7 nitrogen and oxygen atoms in total. The molecular formula is C27H28ClN5O2S2. The third-order valence-electron chi connectivity index (χ3n) is 6.51. The zero-order chi connectivity index (χ0) is 26.3. The number of benzene rings is 1. The highest BCUT2D eigenvalue weighted by Crippen LogP contribution is 2.34. The van der Waals surface area contributed by atoms with Crippen molar-refractivity contribution in [2.24, 2.45) is 5.92 Å². The summed E-state index contributed by atoms with van der Waals surface area (Å²) in [7, 11) is 0. The lowest BCUT2D eigenvalue weighted by Crippen LogP contribution is -2.47. The fraction of sp³-hybridized carbons (Fsp3) is 0.333. The monoisotopic (exact) mass is 553 g/mol. The molecule has 5 rings (SSSR count). The Balaban J connectivity index is 1.53. The number of nitrogens with zero attached hydrogens (tertiary/aromatic N) is 5. The minimum Gasteiger partial charge on any atom is -0.368 e. The van der Waals surface area contributed by atoms with Gasteiger partial charge in [-0.05, 0) is 48.7 Å². The number of thioether (sulfide) groups is 1. The first-order chi connectivity index (χ1) is 17.7. The number of piperazine rings is 1. The van der Waals surface area contributed by atoms with E-state index in [1.54, 1.807) is 21.6 Å². The first kappa shape index (κ1) is 25.8. The molecule has 0 saturated carbocycles. The number of amides is 1. The van der Waals surface area contributed by atoms with Crippen molar-refractivity contribution in [3.05, 3.63) is 74.0 Å². The maximum Gasteiger partial charge on any atom is 0.267 e. The van der Waals surface area contributed by atoms with Crippen molar-refractivity contribution in [1.29, 1.82) is 0 Å². The molecule has 2 fully saturated rings. The molecule has 0 aliphatic carbocycles. The van der Waals surface area contributed by atoms with Gasteiger partial charge in [-0.3, -0.25) is 18.9 Å². The average Bonchev–Trinajstić information content (AvgIpc) is 3.13. The van der Waals surface area contributed by atoms with Gasteiger partial charge in [0.25, 0.3) is 11.5 Å². The molecule has 1 aromatic carbocycles. The third-order valence-corrected chi connectivity index (χ3v) is 8.13. The van der Waals surface area contributed by atoms with Crippen molar-refractivity contribution in [2.75, 3.05) is 42.5 Å². The van der Waals surface area contributed by atoms with Gasteiger partial charge in [0.2, 0.25) is 0 Å². The molecule has 0 atom stereocenters. The van der Waals surface area contributed by atoms with Crippen LogP contribution < -0.4 is 15.4 Å². The summed E-state index contributed by atoms with van der Waals surface area (Å²) in [5.74, 6) is 0.720. The minimum absolute atomic E-state index is 0.158. The molecule has 0 bridgehead atoms. The zero-order valence-corrected chi connectivity index (χ0v) is 23.4. The number of fused-ring (bicyclic) bond motifs is 1. The number of hydrogen-bond donors (Lipinski definition) is 0. The molecule has 37 heavy (non-hydrogen) atoms. The Labute approximate surface area is 230 Å². The number of hydrogen-bond acceptors (Lipinski definition) is 7. The van der Waals surface area contributed by atoms with E-state index in [0.717, 1.165) is 24.3 Å². The van der Waals surface area contributed by atoms with E-state index in [2.05, 4.69) is 15.9 Å². The lowest BCUT2D eigenvalue weighted by Gasteiger charge is -2.37. The number of aryl methyl sites for hydroxylation is 1. The Morgan fingerprint density at radius 2 is 1.84 bits per heavy atom. The number of carbonyl (C=O) groups excluding carboxylic acids is 1. The van der Waals surface area contributed by atoms with Crippen LogP contribution in [0.5, 0.6) is 0 Å². The lowest BCUT2D eigenvalue weighted by molar-refractivity contribution is -0.122. The fourth-order valence-corrected chi connectivity index (χ4v) is 6.11. The molecule has 2 aromatic heterocycles. The van der Waals surface area contributed by atoms with Crippen LogP contribution in [0.4, 0.5) is 11.5 Å². The van der Waals surface area contributed by atoms with Gasteiger partial charge in [0.05, 0.1) is 10.5 Å². The van der Waals surface area contributed by atoms with Crippen LogP contribution in [0.3, 0.4) is 0 Å². The van der Waals surface area contributed by atoms with Gasteiger partial charge in [0.1, 0.15) is 15.8 Å². The van der Waals surface area contributed by atoms with Gasteiger partial charge in [-0.25, -0.2) is 4.98 Å². The smallest absolute Gasteiger partial charge is 0.267 e. The van der Waals surface area contributed by atoms with Crippen molar-refractivity contribution < 1.29 is 4.79 Å². The maximum atomic E-state index is 13.8. The fourth-order valence-electron chi connectivity index (χ4n) is 4.67. The number of pyridine rings is 1. The molecule has 0 unspecified atom stereocenters. The summed E-state index contributed by atoms with van der Waals surface area (Å²) < 4.78 is 2.08. The van der Waals surface area contributed by atoms with Crippen LogP contribution in [0.1, 0.15) is 25.0 Å². The summed E-state index contributed by atoms with van der Waals surface area (Å²) in [6.07, 6.45) is 3.41. The molecule has 0 radical (unpaired) electrons. The van der Waals surface area contributed by atoms with Crippen molar-refractivity contribution >= 4 is 69.0 Å². The van der Waals surface area contributed by atoms with E-state index in [1.165, 1.54) is 11.8 Å². The van der Waals surface area contributed by atoms with Crippen molar-refractivity contribution in [3.8, 4) is 0 Å². The second-order valence-corrected chi connectivity index (χ2v) is 11.8. The lowest BCUT2D eigenvalue weighted by atomic mass is 10.2. The van der Waals surface area contributed by atoms with E-state index in [0.29, 0.717) is 50.9 Å². The summed E-state index contributed by atoms with van der Waals surface area (Å²) in [6.45, 7) is 9.45. The van der Waals surface area contributed by atoms with Crippen LogP contribution in [0.15, 0.2) is 52.3 Å². The molecule has 2 aliphatic rings. The third kappa shape index (κ3) is 5.12. The molecule has 2 saturated heterocycles. The average molecular weight is 554 g/mol. The van der Waals surface area contributed by atoms with Crippen molar-refractivity contribution in [3.63, 3.8) is 0 Å². The highest BCUT2D eigenvalue weighted by molar-refractivity contribution is 8.26.